The van der Waals surface area contributed by atoms with Crippen molar-refractivity contribution < 1.29 is 14.4 Å². The van der Waals surface area contributed by atoms with Gasteiger partial charge in [-0.2, -0.15) is 5.10 Å². The van der Waals surface area contributed by atoms with Crippen molar-refractivity contribution in [1.82, 2.24) is 34.8 Å². The summed E-state index contributed by atoms with van der Waals surface area (Å²) in [5, 5.41) is 16.6. The Morgan fingerprint density at radius 1 is 1.02 bits per heavy atom. The van der Waals surface area contributed by atoms with Gasteiger partial charge in [-0.1, -0.05) is 65.9 Å². The van der Waals surface area contributed by atoms with Crippen molar-refractivity contribution in [2.24, 2.45) is 10.9 Å². The fourth-order valence-electron chi connectivity index (χ4n) is 7.84. The van der Waals surface area contributed by atoms with Gasteiger partial charge in [0.05, 0.1) is 33.7 Å². The maximum Gasteiger partial charge on any atom is 0.255 e. The van der Waals surface area contributed by atoms with E-state index in [1.807, 2.05) is 60.4 Å². The van der Waals surface area contributed by atoms with Crippen LogP contribution < -0.4 is 5.32 Å². The largest absolute Gasteiger partial charge is 0.322 e. The number of amides is 3. The Morgan fingerprint density at radius 3 is 2.66 bits per heavy atom. The molecule has 11 nitrogen and oxygen atoms in total. The number of benzene rings is 2. The third-order valence-corrected chi connectivity index (χ3v) is 12.2. The van der Waals surface area contributed by atoms with Crippen LogP contribution in [-0.4, -0.2) is 58.9 Å². The Labute approximate surface area is 317 Å². The van der Waals surface area contributed by atoms with E-state index in [0.29, 0.717) is 23.6 Å². The number of nitrogens with zero attached hydrogens (tertiary/aromatic N) is 7. The molecule has 3 unspecified atom stereocenters. The summed E-state index contributed by atoms with van der Waals surface area (Å²) in [6.07, 6.45) is 8.22. The minimum Gasteiger partial charge on any atom is -0.322 e. The van der Waals surface area contributed by atoms with Crippen LogP contribution in [0.15, 0.2) is 70.3 Å². The van der Waals surface area contributed by atoms with Gasteiger partial charge in [0, 0.05) is 36.3 Å². The van der Waals surface area contributed by atoms with Crippen molar-refractivity contribution >= 4 is 46.8 Å². The van der Waals surface area contributed by atoms with Crippen molar-refractivity contribution in [2.75, 3.05) is 0 Å². The fraction of sp³-hybridized carbons (Fsp3) is 0.375. The Morgan fingerprint density at radius 2 is 1.85 bits per heavy atom. The van der Waals surface area contributed by atoms with Crippen LogP contribution in [0.4, 0.5) is 0 Å². The predicted octanol–water partition coefficient (Wildman–Crippen LogP) is 6.36. The monoisotopic (exact) mass is 746 g/mol. The number of thioether (sulfide) groups is 1. The Hall–Kier alpha value is -4.99. The lowest BCUT2D eigenvalue weighted by Crippen LogP contribution is -2.52. The molecule has 4 aliphatic heterocycles. The lowest BCUT2D eigenvalue weighted by atomic mass is 9.89. The highest BCUT2D eigenvalue weighted by Crippen LogP contribution is 2.52. The summed E-state index contributed by atoms with van der Waals surface area (Å²) in [6, 6.07) is 13.0. The van der Waals surface area contributed by atoms with Crippen LogP contribution in [0.25, 0.3) is 0 Å². The molecule has 2 aromatic carbocycles. The summed E-state index contributed by atoms with van der Waals surface area (Å²) in [4.78, 5) is 45.1. The minimum atomic E-state index is -0.603. The number of piperidine rings is 1. The van der Waals surface area contributed by atoms with E-state index in [9.17, 15) is 14.4 Å². The summed E-state index contributed by atoms with van der Waals surface area (Å²) >= 11 is 7.98. The van der Waals surface area contributed by atoms with Gasteiger partial charge in [-0.3, -0.25) is 33.9 Å². The second-order valence-electron chi connectivity index (χ2n) is 14.1. The molecular weight excluding hydrogens is 708 g/mol. The number of fused-ring (bicyclic) bond motifs is 4. The number of carbonyl (C=O) groups is 3. The fourth-order valence-corrected chi connectivity index (χ4v) is 9.47. The maximum absolute atomic E-state index is 13.2. The molecule has 4 aliphatic rings. The number of unbranched alkanes of at least 4 members (excludes halogenated alkanes) is 2. The number of aromatic nitrogens is 5. The van der Waals surface area contributed by atoms with E-state index in [-0.39, 0.29) is 41.5 Å². The molecule has 0 aliphatic carbocycles. The summed E-state index contributed by atoms with van der Waals surface area (Å²) in [5.41, 5.74) is 6.91. The van der Waals surface area contributed by atoms with Crippen molar-refractivity contribution in [1.29, 1.82) is 0 Å². The SMILES string of the molecule is CC1=C(C#Cc2cnn(CCCCCc3cccc4c3CN(C3CCC(=O)NC3=O)C4=O)c2)SC2C1C(c1ccc(Cl)cc1)=N[C@@H](C)c1nnc(C)n12. The second-order valence-corrected chi connectivity index (χ2v) is 15.6. The standard InChI is InChI=1S/C40H39ClN8O3S/c1-23-33(53-40-35(23)36(28-12-14-29(41)15-13-28)43-24(2)37-46-45-25(3)49(37)40)17-11-26-20-42-47(21-26)19-6-4-5-8-27-9-7-10-30-31(27)22-48(39(30)52)32-16-18-34(50)44-38(32)51/h7,9-10,12-15,20-21,24,32,35,40H,4-6,8,16,18-19,22H2,1-3H3,(H,44,50,51)/t24-,32?,35?,40?/m0/s1. The van der Waals surface area contributed by atoms with Gasteiger partial charge in [-0.15, -0.1) is 10.2 Å². The molecule has 53 heavy (non-hydrogen) atoms. The van der Waals surface area contributed by atoms with E-state index in [1.54, 1.807) is 16.7 Å². The summed E-state index contributed by atoms with van der Waals surface area (Å²) in [7, 11) is 0. The van der Waals surface area contributed by atoms with Gasteiger partial charge in [-0.05, 0) is 86.9 Å². The van der Waals surface area contributed by atoms with E-state index in [0.717, 1.165) is 76.7 Å². The van der Waals surface area contributed by atoms with Crippen LogP contribution in [0.1, 0.15) is 102 Å². The normalized spacial score (nSPS) is 22.2. The summed E-state index contributed by atoms with van der Waals surface area (Å²) in [6.45, 7) is 7.41. The lowest BCUT2D eigenvalue weighted by Gasteiger charge is -2.29. The number of aliphatic imine (C=N–C) groups is 1. The van der Waals surface area contributed by atoms with E-state index in [4.69, 9.17) is 16.6 Å². The van der Waals surface area contributed by atoms with Crippen LogP contribution in [0, 0.1) is 24.7 Å². The Balaban J connectivity index is 0.897. The zero-order chi connectivity index (χ0) is 36.8. The van der Waals surface area contributed by atoms with Gasteiger partial charge in [0.15, 0.2) is 5.82 Å². The molecule has 3 amide bonds. The number of carbonyl (C=O) groups excluding carboxylic acids is 3. The van der Waals surface area contributed by atoms with E-state index in [1.165, 1.54) is 5.57 Å². The molecule has 4 atom stereocenters. The molecule has 2 aromatic heterocycles. The molecule has 1 fully saturated rings. The first-order valence-corrected chi connectivity index (χ1v) is 19.3. The van der Waals surface area contributed by atoms with Crippen molar-refractivity contribution in [3.05, 3.63) is 110 Å². The lowest BCUT2D eigenvalue weighted by molar-refractivity contribution is -0.136. The highest BCUT2D eigenvalue weighted by Gasteiger charge is 2.43. The molecule has 1 N–H and O–H groups in total. The molecule has 1 saturated heterocycles. The van der Waals surface area contributed by atoms with Gasteiger partial charge in [0.1, 0.15) is 17.9 Å². The highest BCUT2D eigenvalue weighted by atomic mass is 35.5. The first-order valence-electron chi connectivity index (χ1n) is 18.1. The molecule has 0 radical (unpaired) electrons. The molecule has 13 heteroatoms. The third kappa shape index (κ3) is 6.72. The summed E-state index contributed by atoms with van der Waals surface area (Å²) in [5.74, 6) is 7.76. The molecule has 6 heterocycles. The number of nitrogens with one attached hydrogen (secondary N) is 1. The first kappa shape index (κ1) is 35.1. The van der Waals surface area contributed by atoms with Gasteiger partial charge in [0.2, 0.25) is 11.8 Å². The van der Waals surface area contributed by atoms with Crippen LogP contribution in [-0.2, 0) is 29.1 Å². The van der Waals surface area contributed by atoms with Crippen molar-refractivity contribution in [3.63, 3.8) is 0 Å². The van der Waals surface area contributed by atoms with Crippen LogP contribution in [0.5, 0.6) is 0 Å². The number of hydrogen-bond donors (Lipinski definition) is 1. The molecule has 4 aromatic rings. The first-order chi connectivity index (χ1) is 25.7. The van der Waals surface area contributed by atoms with Gasteiger partial charge in [-0.25, -0.2) is 0 Å². The maximum atomic E-state index is 13.2. The average Bonchev–Trinajstić information content (AvgIpc) is 3.90. The predicted molar refractivity (Wildman–Crippen MR) is 203 cm³/mol. The molecule has 270 valence electrons. The molecule has 0 bridgehead atoms. The van der Waals surface area contributed by atoms with Crippen molar-refractivity contribution in [2.45, 2.75) is 89.8 Å². The third-order valence-electron chi connectivity index (χ3n) is 10.6. The molecule has 0 spiro atoms. The van der Waals surface area contributed by atoms with Crippen molar-refractivity contribution in [3.8, 4) is 11.8 Å². The number of allylic oxidation sites excluding steroid dienone is 2. The number of hydrogen-bond acceptors (Lipinski definition) is 8. The Kier molecular flexibility index (Phi) is 9.55. The number of halogens is 1. The number of imide groups is 1. The molecular formula is C40H39ClN8O3S. The quantitative estimate of drug-likeness (QED) is 0.126. The van der Waals surface area contributed by atoms with E-state index < -0.39 is 6.04 Å². The molecule has 8 rings (SSSR count). The van der Waals surface area contributed by atoms with E-state index >= 15 is 0 Å². The van der Waals surface area contributed by atoms with Gasteiger partial charge < -0.3 is 4.90 Å². The number of aryl methyl sites for hydroxylation is 3. The van der Waals surface area contributed by atoms with Crippen LogP contribution >= 0.6 is 23.4 Å². The van der Waals surface area contributed by atoms with E-state index in [2.05, 4.69) is 56.9 Å². The van der Waals surface area contributed by atoms with Gasteiger partial charge >= 0.3 is 0 Å². The summed E-state index contributed by atoms with van der Waals surface area (Å²) < 4.78 is 4.18. The zero-order valence-corrected chi connectivity index (χ0v) is 31.4. The topological polar surface area (TPSA) is 127 Å². The highest BCUT2D eigenvalue weighted by molar-refractivity contribution is 8.03. The smallest absolute Gasteiger partial charge is 0.255 e. The average molecular weight is 747 g/mol. The minimum absolute atomic E-state index is 0.00751. The number of rotatable bonds is 8. The zero-order valence-electron chi connectivity index (χ0n) is 29.8. The molecule has 0 saturated carbocycles. The Bertz CT molecular complexity index is 2260. The van der Waals surface area contributed by atoms with Crippen LogP contribution in [0.3, 0.4) is 0 Å². The van der Waals surface area contributed by atoms with Crippen LogP contribution in [0.2, 0.25) is 5.02 Å². The second kappa shape index (κ2) is 14.4. The van der Waals surface area contributed by atoms with Gasteiger partial charge in [0.25, 0.3) is 5.91 Å².